The summed E-state index contributed by atoms with van der Waals surface area (Å²) >= 11 is 0. The quantitative estimate of drug-likeness (QED) is 0.236. The fourth-order valence-corrected chi connectivity index (χ4v) is 4.02. The molecule has 0 radical (unpaired) electrons. The van der Waals surface area contributed by atoms with E-state index in [-0.39, 0.29) is 23.7 Å². The maximum atomic E-state index is 12.9. The number of aromatic hydroxyl groups is 1. The van der Waals surface area contributed by atoms with Gasteiger partial charge >= 0.3 is 19.1 Å². The summed E-state index contributed by atoms with van der Waals surface area (Å²) < 4.78 is 4.92. The van der Waals surface area contributed by atoms with Crippen LogP contribution in [0, 0.1) is 5.92 Å². The molecule has 1 saturated carbocycles. The number of phenols is 1. The summed E-state index contributed by atoms with van der Waals surface area (Å²) in [5.41, 5.74) is 3.98. The van der Waals surface area contributed by atoms with Crippen LogP contribution in [0.25, 0.3) is 0 Å². The van der Waals surface area contributed by atoms with Crippen LogP contribution in [0.5, 0.6) is 11.5 Å². The average molecular weight is 407 g/mol. The molecular formula is C17H22BN3O8. The van der Waals surface area contributed by atoms with Crippen LogP contribution in [0.3, 0.4) is 0 Å². The molecule has 2 aliphatic rings. The molecule has 0 aromatic heterocycles. The molecule has 1 aliphatic heterocycles. The summed E-state index contributed by atoms with van der Waals surface area (Å²) in [7, 11) is -0.874. The van der Waals surface area contributed by atoms with Crippen molar-refractivity contribution in [3.8, 4) is 11.5 Å². The van der Waals surface area contributed by atoms with Crippen molar-refractivity contribution in [2.75, 3.05) is 13.7 Å². The molecule has 0 unspecified atom stereocenters. The van der Waals surface area contributed by atoms with Gasteiger partial charge in [0, 0.05) is 0 Å². The minimum Gasteiger partial charge on any atom is -0.507 e. The Balaban J connectivity index is 1.91. The maximum absolute atomic E-state index is 12.9. The summed E-state index contributed by atoms with van der Waals surface area (Å²) in [5.74, 6) is -4.12. The van der Waals surface area contributed by atoms with Crippen molar-refractivity contribution >= 4 is 25.0 Å². The van der Waals surface area contributed by atoms with Crippen molar-refractivity contribution in [2.24, 2.45) is 11.7 Å². The molecule has 3 amide bonds. The number of benzene rings is 1. The Morgan fingerprint density at radius 2 is 2.07 bits per heavy atom. The second kappa shape index (κ2) is 7.54. The Hall–Kier alpha value is -2.83. The number of hydrogen-bond donors (Lipinski definition) is 6. The van der Waals surface area contributed by atoms with E-state index in [4.69, 9.17) is 10.5 Å². The molecule has 29 heavy (non-hydrogen) atoms. The van der Waals surface area contributed by atoms with Crippen LogP contribution < -0.4 is 15.8 Å². The lowest BCUT2D eigenvalue weighted by Gasteiger charge is -2.42. The number of urea groups is 1. The van der Waals surface area contributed by atoms with Gasteiger partial charge in [-0.05, 0) is 43.4 Å². The number of imide groups is 1. The third kappa shape index (κ3) is 3.39. The number of hydrogen-bond acceptors (Lipinski definition) is 8. The van der Waals surface area contributed by atoms with Gasteiger partial charge in [-0.2, -0.15) is 0 Å². The molecule has 1 aromatic rings. The van der Waals surface area contributed by atoms with Crippen molar-refractivity contribution in [1.82, 2.24) is 10.2 Å². The number of nitrogens with zero attached hydrogens (tertiary/aromatic N) is 1. The minimum atomic E-state index is -2.11. The molecule has 1 heterocycles. The molecule has 3 rings (SSSR count). The van der Waals surface area contributed by atoms with Gasteiger partial charge in [0.1, 0.15) is 22.6 Å². The number of carbonyl (C=O) groups excluding carboxylic acids is 2. The van der Waals surface area contributed by atoms with Crippen molar-refractivity contribution in [2.45, 2.75) is 30.7 Å². The number of carboxylic acids is 1. The van der Waals surface area contributed by atoms with E-state index in [1.165, 1.54) is 19.2 Å². The van der Waals surface area contributed by atoms with E-state index in [2.05, 4.69) is 5.32 Å². The van der Waals surface area contributed by atoms with Gasteiger partial charge in [0.15, 0.2) is 0 Å². The first-order valence-corrected chi connectivity index (χ1v) is 8.99. The van der Waals surface area contributed by atoms with E-state index in [0.717, 1.165) is 4.90 Å². The smallest absolute Gasteiger partial charge is 0.476 e. The normalized spacial score (nSPS) is 24.3. The zero-order valence-corrected chi connectivity index (χ0v) is 15.7. The number of rotatable bonds is 7. The van der Waals surface area contributed by atoms with Gasteiger partial charge in [0.25, 0.3) is 5.91 Å². The highest BCUT2D eigenvalue weighted by Crippen LogP contribution is 2.42. The second-order valence-corrected chi connectivity index (χ2v) is 7.34. The number of carboxylic acid groups (broad SMARTS) is 1. The van der Waals surface area contributed by atoms with Gasteiger partial charge in [-0.1, -0.05) is 6.07 Å². The Morgan fingerprint density at radius 1 is 1.41 bits per heavy atom. The van der Waals surface area contributed by atoms with Crippen molar-refractivity contribution < 1.29 is 39.4 Å². The van der Waals surface area contributed by atoms with E-state index in [9.17, 15) is 34.6 Å². The Kier molecular flexibility index (Phi) is 5.43. The Labute approximate surface area is 166 Å². The molecule has 1 atom stereocenters. The van der Waals surface area contributed by atoms with Crippen molar-refractivity contribution in [3.05, 3.63) is 23.3 Å². The number of aromatic carboxylic acids is 1. The van der Waals surface area contributed by atoms with Crippen LogP contribution in [0.1, 0.15) is 28.8 Å². The average Bonchev–Trinajstić information content (AvgIpc) is 2.89. The molecular weight excluding hydrogens is 385 g/mol. The number of amides is 3. The van der Waals surface area contributed by atoms with Crippen molar-refractivity contribution in [3.63, 3.8) is 0 Å². The first kappa shape index (κ1) is 20.9. The summed E-state index contributed by atoms with van der Waals surface area (Å²) in [6.45, 7) is 0.370. The van der Waals surface area contributed by atoms with E-state index >= 15 is 0 Å². The molecule has 7 N–H and O–H groups in total. The van der Waals surface area contributed by atoms with Crippen LogP contribution in [-0.4, -0.2) is 75.3 Å². The van der Waals surface area contributed by atoms with Crippen LogP contribution in [0.4, 0.5) is 4.79 Å². The SMILES string of the molecule is COc1ccc(C[C@@H](B(O)O)N2C(=O)NC3(CC(CN)C3)C2=O)c(O)c1C(=O)O. The molecule has 11 nitrogen and oxygen atoms in total. The molecule has 2 fully saturated rings. The lowest BCUT2D eigenvalue weighted by atomic mass is 9.67. The predicted molar refractivity (Wildman–Crippen MR) is 99.2 cm³/mol. The summed E-state index contributed by atoms with van der Waals surface area (Å²) in [6.07, 6.45) is 0.342. The maximum Gasteiger partial charge on any atom is 0.476 e. The van der Waals surface area contributed by atoms with Gasteiger partial charge in [0.2, 0.25) is 0 Å². The van der Waals surface area contributed by atoms with Crippen LogP contribution in [-0.2, 0) is 11.2 Å². The number of ether oxygens (including phenoxy) is 1. The standard InChI is InChI=1S/C17H22BN3O8/c1-29-10-3-2-9(13(22)12(10)14(23)24)4-11(18(27)28)21-15(25)17(20-16(21)26)5-8(6-17)7-19/h2-3,8,11,22,27-28H,4-7,19H2,1H3,(H,20,26)(H,23,24)/t8?,11-,17?/m0/s1. The highest BCUT2D eigenvalue weighted by molar-refractivity contribution is 6.44. The largest absolute Gasteiger partial charge is 0.507 e. The summed E-state index contributed by atoms with van der Waals surface area (Å²) in [4.78, 5) is 37.5. The van der Waals surface area contributed by atoms with Gasteiger partial charge in [0.05, 0.1) is 13.1 Å². The molecule has 1 aromatic carbocycles. The Bertz CT molecular complexity index is 855. The van der Waals surface area contributed by atoms with Gasteiger partial charge in [-0.25, -0.2) is 9.59 Å². The van der Waals surface area contributed by atoms with E-state index in [1.54, 1.807) is 0 Å². The van der Waals surface area contributed by atoms with Gasteiger partial charge in [-0.15, -0.1) is 0 Å². The lowest BCUT2D eigenvalue weighted by molar-refractivity contribution is -0.136. The number of nitrogens with two attached hydrogens (primary N) is 1. The number of nitrogens with one attached hydrogen (secondary N) is 1. The minimum absolute atomic E-state index is 0.0105. The molecule has 1 spiro atoms. The first-order valence-electron chi connectivity index (χ1n) is 8.99. The highest BCUT2D eigenvalue weighted by atomic mass is 16.5. The molecule has 12 heteroatoms. The fourth-order valence-electron chi connectivity index (χ4n) is 4.02. The molecule has 156 valence electrons. The van der Waals surface area contributed by atoms with E-state index < -0.39 is 47.8 Å². The monoisotopic (exact) mass is 407 g/mol. The van der Waals surface area contributed by atoms with E-state index in [1.807, 2.05) is 0 Å². The zero-order chi connectivity index (χ0) is 21.5. The van der Waals surface area contributed by atoms with Crippen LogP contribution in [0.15, 0.2) is 12.1 Å². The number of carbonyl (C=O) groups is 3. The van der Waals surface area contributed by atoms with E-state index in [0.29, 0.717) is 19.4 Å². The molecule has 0 bridgehead atoms. The molecule has 1 aliphatic carbocycles. The topological polar surface area (TPSA) is 183 Å². The highest BCUT2D eigenvalue weighted by Gasteiger charge is 2.60. The van der Waals surface area contributed by atoms with Crippen molar-refractivity contribution in [1.29, 1.82) is 0 Å². The predicted octanol–water partition coefficient (Wildman–Crippen LogP) is -1.32. The fraction of sp³-hybridized carbons (Fsp3) is 0.471. The molecule has 1 saturated heterocycles. The van der Waals surface area contributed by atoms with Gasteiger partial charge in [-0.3, -0.25) is 9.69 Å². The summed E-state index contributed by atoms with van der Waals surface area (Å²) in [5, 5.41) is 42.0. The second-order valence-electron chi connectivity index (χ2n) is 7.34. The zero-order valence-electron chi connectivity index (χ0n) is 15.7. The third-order valence-electron chi connectivity index (χ3n) is 5.56. The first-order chi connectivity index (χ1) is 13.6. The number of methoxy groups -OCH3 is 1. The summed E-state index contributed by atoms with van der Waals surface area (Å²) in [6, 6.07) is 1.85. The van der Waals surface area contributed by atoms with Crippen LogP contribution >= 0.6 is 0 Å². The Morgan fingerprint density at radius 3 is 2.59 bits per heavy atom. The lowest BCUT2D eigenvalue weighted by Crippen LogP contribution is -2.59. The van der Waals surface area contributed by atoms with Crippen LogP contribution in [0.2, 0.25) is 0 Å². The van der Waals surface area contributed by atoms with Gasteiger partial charge < -0.3 is 36.0 Å². The third-order valence-corrected chi connectivity index (χ3v) is 5.56.